The summed E-state index contributed by atoms with van der Waals surface area (Å²) in [5.41, 5.74) is 10.2. The first kappa shape index (κ1) is 17.5. The van der Waals surface area contributed by atoms with E-state index in [9.17, 15) is 0 Å². The Morgan fingerprint density at radius 1 is 0.556 bits per heavy atom. The fourth-order valence-electron chi connectivity index (χ4n) is 4.25. The molecule has 0 radical (unpaired) electrons. The highest BCUT2D eigenvalue weighted by Gasteiger charge is 2.24. The quantitative estimate of drug-likeness (QED) is 0.403. The summed E-state index contributed by atoms with van der Waals surface area (Å²) in [5, 5.41) is 1.18. The van der Waals surface area contributed by atoms with Gasteiger partial charge in [0.25, 0.3) is 0 Å². The summed E-state index contributed by atoms with van der Waals surface area (Å²) in [7, 11) is 0. The maximum atomic E-state index is 5.09. The monoisotopic (exact) mass is 351 g/mol. The first-order chi connectivity index (χ1) is 13.1. The molecule has 4 aromatic rings. The van der Waals surface area contributed by atoms with Crippen LogP contribution in [0.25, 0.3) is 10.9 Å². The van der Waals surface area contributed by atoms with Gasteiger partial charge in [-0.25, -0.2) is 0 Å². The molecule has 0 unspecified atom stereocenters. The van der Waals surface area contributed by atoms with E-state index in [-0.39, 0.29) is 5.92 Å². The third kappa shape index (κ3) is 3.14. The van der Waals surface area contributed by atoms with Crippen LogP contribution in [0.3, 0.4) is 0 Å². The van der Waals surface area contributed by atoms with E-state index in [1.54, 1.807) is 0 Å². The second-order valence-electron chi connectivity index (χ2n) is 7.47. The van der Waals surface area contributed by atoms with Gasteiger partial charge in [-0.1, -0.05) is 60.7 Å². The molecule has 27 heavy (non-hydrogen) atoms. The Balaban J connectivity index is 2.04. The Kier molecular flexibility index (Phi) is 4.53. The lowest BCUT2D eigenvalue weighted by Crippen LogP contribution is -2.12. The molecule has 1 heterocycles. The van der Waals surface area contributed by atoms with Crippen LogP contribution < -0.4 is 0 Å². The van der Waals surface area contributed by atoms with E-state index in [0.717, 1.165) is 11.2 Å². The summed E-state index contributed by atoms with van der Waals surface area (Å²) < 4.78 is 0. The van der Waals surface area contributed by atoms with E-state index in [1.165, 1.54) is 38.8 Å². The Morgan fingerprint density at radius 2 is 1.07 bits per heavy atom. The van der Waals surface area contributed by atoms with Crippen molar-refractivity contribution in [3.63, 3.8) is 0 Å². The summed E-state index contributed by atoms with van der Waals surface area (Å²) in [6.07, 6.45) is 0. The van der Waals surface area contributed by atoms with Gasteiger partial charge < -0.3 is 0 Å². The molecule has 4 rings (SSSR count). The molecule has 3 aromatic carbocycles. The molecule has 0 fully saturated rings. The first-order valence-corrected chi connectivity index (χ1v) is 9.54. The van der Waals surface area contributed by atoms with E-state index in [0.29, 0.717) is 0 Å². The van der Waals surface area contributed by atoms with Crippen molar-refractivity contribution < 1.29 is 0 Å². The topological polar surface area (TPSA) is 12.9 Å². The standard InChI is InChI=1S/C26H25N/c1-17-9-7-10-18(2)24(17)26(25-19(3)11-8-12-20(25)4)23-16-15-21-13-5-6-14-22(21)27-23/h5-16,26H,1-4H3. The van der Waals surface area contributed by atoms with Crippen LogP contribution in [-0.2, 0) is 0 Å². The molecule has 0 amide bonds. The molecule has 0 atom stereocenters. The molecule has 1 nitrogen and oxygen atoms in total. The van der Waals surface area contributed by atoms with Gasteiger partial charge in [-0.2, -0.15) is 0 Å². The van der Waals surface area contributed by atoms with Crippen LogP contribution in [-0.4, -0.2) is 4.98 Å². The van der Waals surface area contributed by atoms with E-state index >= 15 is 0 Å². The number of nitrogens with zero attached hydrogens (tertiary/aromatic N) is 1. The lowest BCUT2D eigenvalue weighted by molar-refractivity contribution is 0.887. The lowest BCUT2D eigenvalue weighted by atomic mass is 9.79. The van der Waals surface area contributed by atoms with Gasteiger partial charge in [-0.3, -0.25) is 4.98 Å². The van der Waals surface area contributed by atoms with Crippen molar-refractivity contribution in [2.75, 3.05) is 0 Å². The highest BCUT2D eigenvalue weighted by Crippen LogP contribution is 2.38. The minimum atomic E-state index is 0.136. The van der Waals surface area contributed by atoms with E-state index in [1.807, 2.05) is 0 Å². The van der Waals surface area contributed by atoms with Crippen LogP contribution in [0.4, 0.5) is 0 Å². The zero-order valence-electron chi connectivity index (χ0n) is 16.5. The number of aromatic nitrogens is 1. The van der Waals surface area contributed by atoms with Gasteiger partial charge in [-0.15, -0.1) is 0 Å². The van der Waals surface area contributed by atoms with Crippen molar-refractivity contribution in [2.45, 2.75) is 33.6 Å². The van der Waals surface area contributed by atoms with Crippen LogP contribution in [0.15, 0.2) is 72.8 Å². The van der Waals surface area contributed by atoms with Crippen molar-refractivity contribution in [1.29, 1.82) is 0 Å². The Morgan fingerprint density at radius 3 is 1.63 bits per heavy atom. The smallest absolute Gasteiger partial charge is 0.0705 e. The maximum Gasteiger partial charge on any atom is 0.0705 e. The van der Waals surface area contributed by atoms with Crippen LogP contribution >= 0.6 is 0 Å². The van der Waals surface area contributed by atoms with E-state index < -0.39 is 0 Å². The predicted octanol–water partition coefficient (Wildman–Crippen LogP) is 6.65. The fourth-order valence-corrected chi connectivity index (χ4v) is 4.25. The minimum Gasteiger partial charge on any atom is -0.252 e. The Hall–Kier alpha value is -2.93. The largest absolute Gasteiger partial charge is 0.252 e. The molecule has 1 heteroatoms. The van der Waals surface area contributed by atoms with Crippen LogP contribution in [0, 0.1) is 27.7 Å². The molecule has 1 aromatic heterocycles. The molecule has 134 valence electrons. The molecular formula is C26H25N. The average Bonchev–Trinajstić information content (AvgIpc) is 2.66. The molecule has 0 spiro atoms. The number of aryl methyl sites for hydroxylation is 4. The molecule has 0 N–H and O–H groups in total. The predicted molar refractivity (Wildman–Crippen MR) is 115 cm³/mol. The number of hydrogen-bond donors (Lipinski definition) is 0. The molecule has 0 aliphatic rings. The van der Waals surface area contributed by atoms with Gasteiger partial charge in [0.05, 0.1) is 17.1 Å². The highest BCUT2D eigenvalue weighted by molar-refractivity contribution is 5.78. The van der Waals surface area contributed by atoms with Crippen molar-refractivity contribution in [2.24, 2.45) is 0 Å². The number of para-hydroxylation sites is 1. The van der Waals surface area contributed by atoms with E-state index in [4.69, 9.17) is 4.98 Å². The highest BCUT2D eigenvalue weighted by atomic mass is 14.7. The van der Waals surface area contributed by atoms with Gasteiger partial charge in [0, 0.05) is 5.39 Å². The Bertz CT molecular complexity index is 1030. The van der Waals surface area contributed by atoms with Crippen molar-refractivity contribution >= 4 is 10.9 Å². The average molecular weight is 351 g/mol. The summed E-state index contributed by atoms with van der Waals surface area (Å²) >= 11 is 0. The Labute approximate surface area is 161 Å². The van der Waals surface area contributed by atoms with Gasteiger partial charge in [-0.05, 0) is 73.2 Å². The van der Waals surface area contributed by atoms with Crippen LogP contribution in [0.2, 0.25) is 0 Å². The van der Waals surface area contributed by atoms with Crippen molar-refractivity contribution in [3.05, 3.63) is 112 Å². The summed E-state index contributed by atoms with van der Waals surface area (Å²) in [6, 6.07) is 25.9. The third-order valence-electron chi connectivity index (χ3n) is 5.58. The van der Waals surface area contributed by atoms with E-state index in [2.05, 4.69) is 100 Å². The molecular weight excluding hydrogens is 326 g/mol. The molecule has 0 saturated carbocycles. The SMILES string of the molecule is Cc1cccc(C)c1C(c1ccc2ccccc2n1)c1c(C)cccc1C. The lowest BCUT2D eigenvalue weighted by Gasteiger charge is -2.25. The third-order valence-corrected chi connectivity index (χ3v) is 5.58. The summed E-state index contributed by atoms with van der Waals surface area (Å²) in [4.78, 5) is 5.09. The number of rotatable bonds is 3. The van der Waals surface area contributed by atoms with Gasteiger partial charge in [0.2, 0.25) is 0 Å². The maximum absolute atomic E-state index is 5.09. The molecule has 0 bridgehead atoms. The van der Waals surface area contributed by atoms with Crippen LogP contribution in [0.5, 0.6) is 0 Å². The zero-order chi connectivity index (χ0) is 19.0. The number of hydrogen-bond acceptors (Lipinski definition) is 1. The second-order valence-corrected chi connectivity index (χ2v) is 7.47. The van der Waals surface area contributed by atoms with Crippen molar-refractivity contribution in [3.8, 4) is 0 Å². The number of benzene rings is 3. The molecule has 0 saturated heterocycles. The normalized spacial score (nSPS) is 11.3. The fraction of sp³-hybridized carbons (Fsp3) is 0.192. The molecule has 0 aliphatic heterocycles. The number of fused-ring (bicyclic) bond motifs is 1. The summed E-state index contributed by atoms with van der Waals surface area (Å²) in [5.74, 6) is 0.136. The van der Waals surface area contributed by atoms with Gasteiger partial charge in [0.15, 0.2) is 0 Å². The second kappa shape index (κ2) is 7.00. The molecule has 0 aliphatic carbocycles. The van der Waals surface area contributed by atoms with Gasteiger partial charge >= 0.3 is 0 Å². The number of pyridine rings is 1. The summed E-state index contributed by atoms with van der Waals surface area (Å²) in [6.45, 7) is 8.85. The minimum absolute atomic E-state index is 0.136. The van der Waals surface area contributed by atoms with Crippen molar-refractivity contribution in [1.82, 2.24) is 4.98 Å². The van der Waals surface area contributed by atoms with Crippen LogP contribution in [0.1, 0.15) is 45.0 Å². The van der Waals surface area contributed by atoms with Gasteiger partial charge in [0.1, 0.15) is 0 Å². The first-order valence-electron chi connectivity index (χ1n) is 9.54. The zero-order valence-corrected chi connectivity index (χ0v) is 16.5.